The Balaban J connectivity index is 1.90. The predicted octanol–water partition coefficient (Wildman–Crippen LogP) is 2.36. The highest BCUT2D eigenvalue weighted by Gasteiger charge is 2.42. The third kappa shape index (κ3) is 1.88. The molecule has 2 atom stereocenters. The zero-order valence-corrected chi connectivity index (χ0v) is 11.4. The van der Waals surface area contributed by atoms with E-state index in [1.807, 2.05) is 0 Å². The Kier molecular flexibility index (Phi) is 3.16. The Labute approximate surface area is 110 Å². The third-order valence-corrected chi connectivity index (χ3v) is 5.04. The molecule has 0 bridgehead atoms. The summed E-state index contributed by atoms with van der Waals surface area (Å²) in [5, 5.41) is 0. The van der Waals surface area contributed by atoms with Crippen molar-refractivity contribution in [3.05, 3.63) is 35.4 Å². The van der Waals surface area contributed by atoms with Crippen molar-refractivity contribution in [1.29, 1.82) is 0 Å². The van der Waals surface area contributed by atoms with Crippen LogP contribution in [0.15, 0.2) is 24.3 Å². The second-order valence-electron chi connectivity index (χ2n) is 6.06. The molecule has 2 N–H and O–H groups in total. The Morgan fingerprint density at radius 3 is 2.78 bits per heavy atom. The van der Waals surface area contributed by atoms with Gasteiger partial charge in [-0.3, -0.25) is 4.90 Å². The fourth-order valence-corrected chi connectivity index (χ4v) is 3.96. The van der Waals surface area contributed by atoms with E-state index in [2.05, 4.69) is 36.1 Å². The van der Waals surface area contributed by atoms with E-state index in [1.54, 1.807) is 0 Å². The molecule has 0 aromatic heterocycles. The summed E-state index contributed by atoms with van der Waals surface area (Å²) in [6.45, 7) is 4.40. The molecule has 1 aliphatic heterocycles. The van der Waals surface area contributed by atoms with Crippen molar-refractivity contribution in [2.24, 2.45) is 5.73 Å². The molecule has 2 nitrogen and oxygen atoms in total. The van der Waals surface area contributed by atoms with Gasteiger partial charge in [-0.15, -0.1) is 0 Å². The summed E-state index contributed by atoms with van der Waals surface area (Å²) in [4.78, 5) is 2.70. The lowest BCUT2D eigenvalue weighted by molar-refractivity contribution is 0.0730. The van der Waals surface area contributed by atoms with Gasteiger partial charge in [0, 0.05) is 18.1 Å². The summed E-state index contributed by atoms with van der Waals surface area (Å²) in [5.41, 5.74) is 9.48. The molecule has 0 amide bonds. The van der Waals surface area contributed by atoms with Crippen LogP contribution in [0.3, 0.4) is 0 Å². The molecule has 1 aliphatic carbocycles. The second kappa shape index (κ2) is 4.67. The van der Waals surface area contributed by atoms with Crippen LogP contribution in [-0.4, -0.2) is 29.6 Å². The lowest BCUT2D eigenvalue weighted by atomic mass is 9.76. The van der Waals surface area contributed by atoms with Gasteiger partial charge >= 0.3 is 0 Å². The molecule has 2 unspecified atom stereocenters. The molecule has 1 heterocycles. The minimum atomic E-state index is 0.226. The molecule has 1 aromatic carbocycles. The maximum absolute atomic E-state index is 6.20. The van der Waals surface area contributed by atoms with Gasteiger partial charge in [0.1, 0.15) is 0 Å². The van der Waals surface area contributed by atoms with E-state index >= 15 is 0 Å². The standard InChI is InChI=1S/C16H24N2/c1-13-5-4-10-18(13)16(12-17)9-8-14-6-2-3-7-15(14)11-16/h2-3,6-7,13H,4-5,8-12,17H2,1H3. The number of hydrogen-bond acceptors (Lipinski definition) is 2. The lowest BCUT2D eigenvalue weighted by Gasteiger charge is -2.46. The van der Waals surface area contributed by atoms with Crippen molar-refractivity contribution >= 4 is 0 Å². The van der Waals surface area contributed by atoms with Crippen molar-refractivity contribution in [2.75, 3.05) is 13.1 Å². The number of hydrogen-bond donors (Lipinski definition) is 1. The Hall–Kier alpha value is -0.860. The van der Waals surface area contributed by atoms with Crippen molar-refractivity contribution in [1.82, 2.24) is 4.90 Å². The van der Waals surface area contributed by atoms with Crippen molar-refractivity contribution < 1.29 is 0 Å². The summed E-state index contributed by atoms with van der Waals surface area (Å²) in [6, 6.07) is 9.60. The quantitative estimate of drug-likeness (QED) is 0.865. The third-order valence-electron chi connectivity index (χ3n) is 5.04. The SMILES string of the molecule is CC1CCCN1C1(CN)CCc2ccccc2C1. The first-order valence-corrected chi connectivity index (χ1v) is 7.29. The van der Waals surface area contributed by atoms with E-state index in [4.69, 9.17) is 5.73 Å². The predicted molar refractivity (Wildman–Crippen MR) is 75.7 cm³/mol. The minimum absolute atomic E-state index is 0.226. The van der Waals surface area contributed by atoms with E-state index in [0.717, 1.165) is 13.0 Å². The Bertz CT molecular complexity index is 429. The highest BCUT2D eigenvalue weighted by molar-refractivity contribution is 5.32. The smallest absolute Gasteiger partial charge is 0.0378 e. The van der Waals surface area contributed by atoms with Gasteiger partial charge in [-0.1, -0.05) is 24.3 Å². The van der Waals surface area contributed by atoms with Crippen LogP contribution in [0, 0.1) is 0 Å². The zero-order valence-electron chi connectivity index (χ0n) is 11.4. The van der Waals surface area contributed by atoms with Crippen LogP contribution in [0.25, 0.3) is 0 Å². The Morgan fingerprint density at radius 1 is 1.33 bits per heavy atom. The van der Waals surface area contributed by atoms with Gasteiger partial charge in [-0.25, -0.2) is 0 Å². The largest absolute Gasteiger partial charge is 0.329 e. The molecule has 3 rings (SSSR count). The first-order chi connectivity index (χ1) is 8.75. The second-order valence-corrected chi connectivity index (χ2v) is 6.06. The highest BCUT2D eigenvalue weighted by atomic mass is 15.2. The minimum Gasteiger partial charge on any atom is -0.329 e. The zero-order chi connectivity index (χ0) is 12.6. The molecule has 0 spiro atoms. The number of nitrogens with two attached hydrogens (primary N) is 1. The summed E-state index contributed by atoms with van der Waals surface area (Å²) < 4.78 is 0. The fourth-order valence-electron chi connectivity index (χ4n) is 3.96. The number of rotatable bonds is 2. The number of nitrogens with zero attached hydrogens (tertiary/aromatic N) is 1. The van der Waals surface area contributed by atoms with Crippen LogP contribution in [0.2, 0.25) is 0 Å². The first kappa shape index (κ1) is 12.2. The van der Waals surface area contributed by atoms with Crippen LogP contribution in [0.4, 0.5) is 0 Å². The van der Waals surface area contributed by atoms with Crippen LogP contribution >= 0.6 is 0 Å². The molecule has 0 saturated carbocycles. The molecule has 18 heavy (non-hydrogen) atoms. The average Bonchev–Trinajstić information content (AvgIpc) is 2.85. The number of aryl methyl sites for hydroxylation is 1. The van der Waals surface area contributed by atoms with Crippen LogP contribution in [0.1, 0.15) is 37.3 Å². The average molecular weight is 244 g/mol. The number of benzene rings is 1. The molecule has 1 saturated heterocycles. The van der Waals surface area contributed by atoms with Gasteiger partial charge in [-0.2, -0.15) is 0 Å². The van der Waals surface area contributed by atoms with Crippen molar-refractivity contribution in [2.45, 2.75) is 50.6 Å². The molecular weight excluding hydrogens is 220 g/mol. The van der Waals surface area contributed by atoms with Crippen LogP contribution < -0.4 is 5.73 Å². The summed E-state index contributed by atoms with van der Waals surface area (Å²) in [5.74, 6) is 0. The molecule has 1 fully saturated rings. The van der Waals surface area contributed by atoms with E-state index < -0.39 is 0 Å². The van der Waals surface area contributed by atoms with E-state index in [-0.39, 0.29) is 5.54 Å². The van der Waals surface area contributed by atoms with E-state index in [0.29, 0.717) is 6.04 Å². The van der Waals surface area contributed by atoms with Gasteiger partial charge in [0.25, 0.3) is 0 Å². The maximum Gasteiger partial charge on any atom is 0.0378 e. The first-order valence-electron chi connectivity index (χ1n) is 7.29. The van der Waals surface area contributed by atoms with Crippen molar-refractivity contribution in [3.8, 4) is 0 Å². The topological polar surface area (TPSA) is 29.3 Å². The summed E-state index contributed by atoms with van der Waals surface area (Å²) in [7, 11) is 0. The number of likely N-dealkylation sites (tertiary alicyclic amines) is 1. The highest BCUT2D eigenvalue weighted by Crippen LogP contribution is 2.36. The molecular formula is C16H24N2. The summed E-state index contributed by atoms with van der Waals surface area (Å²) in [6.07, 6.45) is 6.24. The molecule has 2 aliphatic rings. The van der Waals surface area contributed by atoms with E-state index in [9.17, 15) is 0 Å². The van der Waals surface area contributed by atoms with Crippen LogP contribution in [0.5, 0.6) is 0 Å². The normalized spacial score (nSPS) is 32.4. The lowest BCUT2D eigenvalue weighted by Crippen LogP contribution is -2.58. The molecule has 2 heteroatoms. The van der Waals surface area contributed by atoms with Crippen molar-refractivity contribution in [3.63, 3.8) is 0 Å². The Morgan fingerprint density at radius 2 is 2.11 bits per heavy atom. The van der Waals surface area contributed by atoms with Gasteiger partial charge in [-0.05, 0) is 56.7 Å². The fraction of sp³-hybridized carbons (Fsp3) is 0.625. The molecule has 0 radical (unpaired) electrons. The van der Waals surface area contributed by atoms with Gasteiger partial charge < -0.3 is 5.73 Å². The molecule has 1 aromatic rings. The van der Waals surface area contributed by atoms with Gasteiger partial charge in [0.2, 0.25) is 0 Å². The van der Waals surface area contributed by atoms with Gasteiger partial charge in [0.15, 0.2) is 0 Å². The molecule has 98 valence electrons. The monoisotopic (exact) mass is 244 g/mol. The van der Waals surface area contributed by atoms with Crippen LogP contribution in [-0.2, 0) is 12.8 Å². The van der Waals surface area contributed by atoms with E-state index in [1.165, 1.54) is 43.4 Å². The maximum atomic E-state index is 6.20. The number of fused-ring (bicyclic) bond motifs is 1. The summed E-state index contributed by atoms with van der Waals surface area (Å²) >= 11 is 0. The van der Waals surface area contributed by atoms with Gasteiger partial charge in [0.05, 0.1) is 0 Å².